The number of benzene rings is 1. The lowest BCUT2D eigenvalue weighted by Crippen LogP contribution is -2.37. The molecule has 0 aliphatic rings. The van der Waals surface area contributed by atoms with Gasteiger partial charge >= 0.3 is 0 Å². The maximum Gasteiger partial charge on any atom is 0.239 e. The van der Waals surface area contributed by atoms with E-state index in [1.54, 1.807) is 0 Å². The van der Waals surface area contributed by atoms with E-state index in [0.717, 1.165) is 22.7 Å². The third-order valence-corrected chi connectivity index (χ3v) is 3.54. The van der Waals surface area contributed by atoms with Crippen molar-refractivity contribution in [3.63, 3.8) is 0 Å². The van der Waals surface area contributed by atoms with Crippen LogP contribution in [0.4, 0.5) is 14.5 Å². The number of carbonyl (C=O) groups excluding carboxylic acids is 1. The fraction of sp³-hybridized carbons (Fsp3) is 0.250. The van der Waals surface area contributed by atoms with Gasteiger partial charge in [-0.05, 0) is 12.1 Å². The molecule has 0 fully saturated rings. The molecule has 0 bridgehead atoms. The van der Waals surface area contributed by atoms with E-state index < -0.39 is 34.1 Å². The maximum absolute atomic E-state index is 13.0. The summed E-state index contributed by atoms with van der Waals surface area (Å²) in [5.41, 5.74) is 0.0426. The summed E-state index contributed by atoms with van der Waals surface area (Å²) >= 11 is 0. The molecule has 0 aromatic heterocycles. The molecule has 0 unspecified atom stereocenters. The molecule has 1 N–H and O–H groups in total. The number of rotatable bonds is 6. The Morgan fingerprint density at radius 2 is 2.05 bits per heavy atom. The summed E-state index contributed by atoms with van der Waals surface area (Å²) in [6.07, 6.45) is 2.30. The summed E-state index contributed by atoms with van der Waals surface area (Å²) in [5, 5.41) is 2.28. The predicted molar refractivity (Wildman–Crippen MR) is 71.6 cm³/mol. The van der Waals surface area contributed by atoms with Crippen molar-refractivity contribution in [3.8, 4) is 0 Å². The molecule has 110 valence electrons. The normalized spacial score (nSPS) is 11.4. The molecule has 5 nitrogen and oxygen atoms in total. The fourth-order valence-electron chi connectivity index (χ4n) is 1.40. The summed E-state index contributed by atoms with van der Waals surface area (Å²) in [7, 11) is -3.56. The second kappa shape index (κ2) is 6.58. The van der Waals surface area contributed by atoms with Gasteiger partial charge in [-0.2, -0.15) is 4.31 Å². The van der Waals surface area contributed by atoms with Gasteiger partial charge in [0.25, 0.3) is 0 Å². The van der Waals surface area contributed by atoms with Crippen molar-refractivity contribution in [2.45, 2.75) is 0 Å². The number of amides is 1. The molecule has 1 rings (SSSR count). The molecule has 0 heterocycles. The summed E-state index contributed by atoms with van der Waals surface area (Å²) in [4.78, 5) is 11.7. The van der Waals surface area contributed by atoms with Crippen LogP contribution in [0.3, 0.4) is 0 Å². The van der Waals surface area contributed by atoms with Gasteiger partial charge in [-0.25, -0.2) is 17.2 Å². The summed E-state index contributed by atoms with van der Waals surface area (Å²) in [5.74, 6) is -2.80. The molecule has 0 aliphatic carbocycles. The molecular formula is C12H14F2N2O3S. The molecule has 0 atom stereocenters. The summed E-state index contributed by atoms with van der Waals surface area (Å²) < 4.78 is 49.4. The van der Waals surface area contributed by atoms with E-state index in [1.807, 2.05) is 0 Å². The topological polar surface area (TPSA) is 66.5 Å². The Kier molecular flexibility index (Phi) is 5.34. The lowest BCUT2D eigenvalue weighted by molar-refractivity contribution is -0.116. The minimum absolute atomic E-state index is 0.0238. The lowest BCUT2D eigenvalue weighted by Gasteiger charge is -2.17. The van der Waals surface area contributed by atoms with Gasteiger partial charge in [0.2, 0.25) is 15.9 Å². The fourth-order valence-corrected chi connectivity index (χ4v) is 2.12. The first-order valence-corrected chi connectivity index (χ1v) is 7.40. The van der Waals surface area contributed by atoms with Crippen LogP contribution >= 0.6 is 0 Å². The van der Waals surface area contributed by atoms with E-state index in [4.69, 9.17) is 0 Å². The molecular weight excluding hydrogens is 290 g/mol. The highest BCUT2D eigenvalue weighted by Gasteiger charge is 2.18. The van der Waals surface area contributed by atoms with E-state index in [-0.39, 0.29) is 12.2 Å². The molecule has 20 heavy (non-hydrogen) atoms. The van der Waals surface area contributed by atoms with E-state index in [2.05, 4.69) is 11.9 Å². The van der Waals surface area contributed by atoms with Gasteiger partial charge in [0.05, 0.1) is 12.8 Å². The van der Waals surface area contributed by atoms with Gasteiger partial charge < -0.3 is 5.32 Å². The minimum atomic E-state index is -3.56. The standard InChI is InChI=1S/C12H14F2N2O3S/c1-3-6-16(20(2,18)19)8-12(17)15-9-4-5-10(13)11(14)7-9/h3-5,7H,1,6,8H2,2H3,(H,15,17). The third kappa shape index (κ3) is 4.71. The Labute approximate surface area is 115 Å². The quantitative estimate of drug-likeness (QED) is 0.807. The lowest BCUT2D eigenvalue weighted by atomic mass is 10.3. The van der Waals surface area contributed by atoms with Crippen LogP contribution in [0, 0.1) is 11.6 Å². The Balaban J connectivity index is 2.75. The first-order chi connectivity index (χ1) is 9.24. The van der Waals surface area contributed by atoms with E-state index in [0.29, 0.717) is 0 Å². The van der Waals surface area contributed by atoms with Crippen LogP contribution in [0.25, 0.3) is 0 Å². The van der Waals surface area contributed by atoms with Gasteiger partial charge in [0.15, 0.2) is 11.6 Å². The van der Waals surface area contributed by atoms with Gasteiger partial charge in [-0.1, -0.05) is 6.08 Å². The van der Waals surface area contributed by atoms with Crippen LogP contribution in [0.2, 0.25) is 0 Å². The maximum atomic E-state index is 13.0. The summed E-state index contributed by atoms with van der Waals surface area (Å²) in [6.45, 7) is 2.93. The average Bonchev–Trinajstić information content (AvgIpc) is 2.32. The highest BCUT2D eigenvalue weighted by molar-refractivity contribution is 7.88. The van der Waals surface area contributed by atoms with E-state index >= 15 is 0 Å². The van der Waals surface area contributed by atoms with Crippen LogP contribution < -0.4 is 5.32 Å². The molecule has 0 spiro atoms. The van der Waals surface area contributed by atoms with Crippen molar-refractivity contribution in [3.05, 3.63) is 42.5 Å². The number of halogens is 2. The Morgan fingerprint density at radius 3 is 2.55 bits per heavy atom. The van der Waals surface area contributed by atoms with Gasteiger partial charge in [0, 0.05) is 18.3 Å². The van der Waals surface area contributed by atoms with Gasteiger partial charge in [-0.3, -0.25) is 4.79 Å². The zero-order chi connectivity index (χ0) is 15.3. The van der Waals surface area contributed by atoms with Gasteiger partial charge in [-0.15, -0.1) is 6.58 Å². The molecule has 1 amide bonds. The predicted octanol–water partition coefficient (Wildman–Crippen LogP) is 1.35. The van der Waals surface area contributed by atoms with Gasteiger partial charge in [0.1, 0.15) is 0 Å². The number of anilines is 1. The zero-order valence-electron chi connectivity index (χ0n) is 10.8. The SMILES string of the molecule is C=CCN(CC(=O)Nc1ccc(F)c(F)c1)S(C)(=O)=O. The van der Waals surface area contributed by atoms with E-state index in [9.17, 15) is 22.0 Å². The number of hydrogen-bond donors (Lipinski definition) is 1. The molecule has 1 aromatic rings. The highest BCUT2D eigenvalue weighted by Crippen LogP contribution is 2.13. The number of sulfonamides is 1. The van der Waals surface area contributed by atoms with Crippen molar-refractivity contribution in [1.29, 1.82) is 0 Å². The van der Waals surface area contributed by atoms with Crippen molar-refractivity contribution < 1.29 is 22.0 Å². The number of carbonyl (C=O) groups is 1. The van der Waals surface area contributed by atoms with Crippen LogP contribution in [0.5, 0.6) is 0 Å². The first kappa shape index (κ1) is 16.3. The smallest absolute Gasteiger partial charge is 0.239 e. The van der Waals surface area contributed by atoms with Crippen molar-refractivity contribution in [1.82, 2.24) is 4.31 Å². The van der Waals surface area contributed by atoms with Crippen molar-refractivity contribution >= 4 is 21.6 Å². The van der Waals surface area contributed by atoms with Crippen molar-refractivity contribution in [2.75, 3.05) is 24.7 Å². The minimum Gasteiger partial charge on any atom is -0.325 e. The number of nitrogens with zero attached hydrogens (tertiary/aromatic N) is 1. The second-order valence-corrected chi connectivity index (χ2v) is 6.00. The molecule has 8 heteroatoms. The Bertz CT molecular complexity index is 617. The largest absolute Gasteiger partial charge is 0.325 e. The first-order valence-electron chi connectivity index (χ1n) is 5.55. The monoisotopic (exact) mass is 304 g/mol. The Morgan fingerprint density at radius 1 is 1.40 bits per heavy atom. The summed E-state index contributed by atoms with van der Waals surface area (Å²) in [6, 6.07) is 2.85. The highest BCUT2D eigenvalue weighted by atomic mass is 32.2. The van der Waals surface area contributed by atoms with Crippen LogP contribution in [0.15, 0.2) is 30.9 Å². The number of hydrogen-bond acceptors (Lipinski definition) is 3. The molecule has 1 aromatic carbocycles. The van der Waals surface area contributed by atoms with Crippen molar-refractivity contribution in [2.24, 2.45) is 0 Å². The molecule has 0 saturated carbocycles. The van der Waals surface area contributed by atoms with Crippen LogP contribution in [-0.2, 0) is 14.8 Å². The van der Waals surface area contributed by atoms with Crippen LogP contribution in [0.1, 0.15) is 0 Å². The second-order valence-electron chi connectivity index (χ2n) is 4.02. The molecule has 0 radical (unpaired) electrons. The van der Waals surface area contributed by atoms with E-state index in [1.165, 1.54) is 12.1 Å². The molecule has 0 saturated heterocycles. The van der Waals surface area contributed by atoms with Crippen LogP contribution in [-0.4, -0.2) is 38.0 Å². The zero-order valence-corrected chi connectivity index (χ0v) is 11.6. The molecule has 0 aliphatic heterocycles. The third-order valence-electron chi connectivity index (χ3n) is 2.33. The Hall–Kier alpha value is -1.80. The average molecular weight is 304 g/mol. The number of nitrogens with one attached hydrogen (secondary N) is 1.